The average molecular weight is 294 g/mol. The first-order chi connectivity index (χ1) is 9.61. The van der Waals surface area contributed by atoms with E-state index >= 15 is 0 Å². The Balaban J connectivity index is 2.14. The van der Waals surface area contributed by atoms with Crippen LogP contribution in [0, 0.1) is 5.82 Å². The maximum atomic E-state index is 13.2. The molecule has 0 radical (unpaired) electrons. The number of benzene rings is 1. The Bertz CT molecular complexity index is 600. The molecule has 0 spiro atoms. The van der Waals surface area contributed by atoms with Crippen LogP contribution in [0.4, 0.5) is 9.39 Å². The summed E-state index contributed by atoms with van der Waals surface area (Å²) in [5.41, 5.74) is 2.64. The molecule has 1 N–H and O–H groups in total. The Morgan fingerprint density at radius 2 is 2.35 bits per heavy atom. The van der Waals surface area contributed by atoms with Crippen molar-refractivity contribution in [3.8, 4) is 0 Å². The van der Waals surface area contributed by atoms with Gasteiger partial charge in [-0.05, 0) is 31.5 Å². The van der Waals surface area contributed by atoms with Crippen molar-refractivity contribution in [1.29, 1.82) is 0 Å². The Hall–Kier alpha value is -1.95. The van der Waals surface area contributed by atoms with E-state index in [0.717, 1.165) is 5.56 Å². The van der Waals surface area contributed by atoms with Crippen LogP contribution < -0.4 is 5.32 Å². The van der Waals surface area contributed by atoms with Gasteiger partial charge in [-0.15, -0.1) is 11.3 Å². The summed E-state index contributed by atoms with van der Waals surface area (Å²) in [6, 6.07) is 6.20. The molecule has 0 aliphatic carbocycles. The van der Waals surface area contributed by atoms with Gasteiger partial charge in [-0.2, -0.15) is 0 Å². The third kappa shape index (κ3) is 3.33. The first-order valence-corrected chi connectivity index (χ1v) is 7.12. The van der Waals surface area contributed by atoms with Crippen LogP contribution in [0.25, 0.3) is 0 Å². The summed E-state index contributed by atoms with van der Waals surface area (Å²) in [5.74, 6) is -0.742. The number of carbonyl (C=O) groups excluding carboxylic acids is 1. The molecule has 20 heavy (non-hydrogen) atoms. The maximum Gasteiger partial charge on any atom is 0.360 e. The second kappa shape index (κ2) is 6.47. The monoisotopic (exact) mass is 294 g/mol. The lowest BCUT2D eigenvalue weighted by molar-refractivity contribution is 0.0521. The predicted molar refractivity (Wildman–Crippen MR) is 76.5 cm³/mol. The first kappa shape index (κ1) is 14.5. The van der Waals surface area contributed by atoms with E-state index in [4.69, 9.17) is 4.74 Å². The molecule has 6 heteroatoms. The Labute approximate surface area is 120 Å². The lowest BCUT2D eigenvalue weighted by atomic mass is 10.1. The number of carbonyl (C=O) groups is 1. The van der Waals surface area contributed by atoms with Crippen LogP contribution in [0.1, 0.15) is 35.9 Å². The minimum Gasteiger partial charge on any atom is -0.461 e. The lowest BCUT2D eigenvalue weighted by Crippen LogP contribution is -2.11. The minimum absolute atomic E-state index is 0.140. The molecule has 0 bridgehead atoms. The molecule has 1 aromatic carbocycles. The van der Waals surface area contributed by atoms with Crippen molar-refractivity contribution in [3.63, 3.8) is 0 Å². The summed E-state index contributed by atoms with van der Waals surface area (Å²) in [6.07, 6.45) is 0. The fraction of sp³-hybridized carbons (Fsp3) is 0.286. The number of nitrogens with one attached hydrogen (secondary N) is 1. The highest BCUT2D eigenvalue weighted by molar-refractivity contribution is 7.14. The largest absolute Gasteiger partial charge is 0.461 e. The summed E-state index contributed by atoms with van der Waals surface area (Å²) in [6.45, 7) is 3.94. The number of ether oxygens (including phenoxy) is 1. The molecule has 0 fully saturated rings. The number of hydrogen-bond acceptors (Lipinski definition) is 5. The number of aromatic nitrogens is 1. The van der Waals surface area contributed by atoms with Gasteiger partial charge >= 0.3 is 5.97 Å². The molecule has 106 valence electrons. The second-order valence-corrected chi connectivity index (χ2v) is 5.03. The Kier molecular flexibility index (Phi) is 4.68. The number of halogens is 1. The molecule has 0 saturated heterocycles. The van der Waals surface area contributed by atoms with Gasteiger partial charge in [0.1, 0.15) is 10.8 Å². The summed E-state index contributed by atoms with van der Waals surface area (Å²) in [7, 11) is 0. The Morgan fingerprint density at radius 1 is 1.55 bits per heavy atom. The summed E-state index contributed by atoms with van der Waals surface area (Å²) in [4.78, 5) is 15.7. The van der Waals surface area contributed by atoms with E-state index in [1.165, 1.54) is 23.5 Å². The zero-order chi connectivity index (χ0) is 14.5. The number of hydrogen-bond donors (Lipinski definition) is 1. The van der Waals surface area contributed by atoms with Crippen LogP contribution in [0.2, 0.25) is 0 Å². The van der Waals surface area contributed by atoms with Gasteiger partial charge in [0.15, 0.2) is 5.69 Å². The molecule has 0 saturated carbocycles. The van der Waals surface area contributed by atoms with E-state index in [1.54, 1.807) is 18.5 Å². The zero-order valence-corrected chi connectivity index (χ0v) is 12.0. The molecule has 1 atom stereocenters. The van der Waals surface area contributed by atoms with E-state index in [-0.39, 0.29) is 17.6 Å². The number of anilines is 1. The van der Waals surface area contributed by atoms with E-state index in [0.29, 0.717) is 11.6 Å². The summed E-state index contributed by atoms with van der Waals surface area (Å²) in [5, 5.41) is 3.79. The molecule has 2 rings (SSSR count). The van der Waals surface area contributed by atoms with E-state index in [1.807, 2.05) is 13.0 Å². The predicted octanol–water partition coefficient (Wildman–Crippen LogP) is 3.63. The fourth-order valence-electron chi connectivity index (χ4n) is 1.75. The van der Waals surface area contributed by atoms with Crippen molar-refractivity contribution in [2.45, 2.75) is 19.9 Å². The maximum absolute atomic E-state index is 13.2. The van der Waals surface area contributed by atoms with Crippen LogP contribution in [-0.4, -0.2) is 17.6 Å². The third-order valence-corrected chi connectivity index (χ3v) is 3.49. The van der Waals surface area contributed by atoms with Crippen molar-refractivity contribution in [3.05, 3.63) is 46.9 Å². The molecule has 1 heterocycles. The van der Waals surface area contributed by atoms with E-state index in [9.17, 15) is 9.18 Å². The molecule has 0 aliphatic rings. The first-order valence-electron chi connectivity index (χ1n) is 6.24. The molecule has 0 aliphatic heterocycles. The quantitative estimate of drug-likeness (QED) is 0.856. The summed E-state index contributed by atoms with van der Waals surface area (Å²) >= 11 is 1.31. The van der Waals surface area contributed by atoms with Gasteiger partial charge < -0.3 is 10.1 Å². The number of nitrogens with zero attached hydrogens (tertiary/aromatic N) is 1. The highest BCUT2D eigenvalue weighted by Gasteiger charge is 2.18. The van der Waals surface area contributed by atoms with Gasteiger partial charge in [0.25, 0.3) is 0 Å². The highest BCUT2D eigenvalue weighted by atomic mass is 32.1. The molecular formula is C14H15FN2O2S. The van der Waals surface area contributed by atoms with Gasteiger partial charge in [0.05, 0.1) is 12.1 Å². The van der Waals surface area contributed by atoms with Gasteiger partial charge in [0, 0.05) is 6.04 Å². The van der Waals surface area contributed by atoms with E-state index in [2.05, 4.69) is 10.3 Å². The van der Waals surface area contributed by atoms with Crippen molar-refractivity contribution < 1.29 is 13.9 Å². The molecule has 2 aromatic rings. The van der Waals surface area contributed by atoms with Crippen molar-refractivity contribution in [1.82, 2.24) is 4.98 Å². The van der Waals surface area contributed by atoms with Crippen molar-refractivity contribution >= 4 is 22.3 Å². The van der Waals surface area contributed by atoms with E-state index < -0.39 is 5.97 Å². The van der Waals surface area contributed by atoms with Crippen molar-refractivity contribution in [2.24, 2.45) is 0 Å². The Morgan fingerprint density at radius 3 is 3.05 bits per heavy atom. The van der Waals surface area contributed by atoms with Crippen LogP contribution in [-0.2, 0) is 4.74 Å². The fourth-order valence-corrected chi connectivity index (χ4v) is 2.51. The van der Waals surface area contributed by atoms with Crippen LogP contribution in [0.15, 0.2) is 29.8 Å². The molecule has 1 unspecified atom stereocenters. The lowest BCUT2D eigenvalue weighted by Gasteiger charge is -2.14. The highest BCUT2D eigenvalue weighted by Crippen LogP contribution is 2.26. The van der Waals surface area contributed by atoms with Crippen molar-refractivity contribution in [2.75, 3.05) is 11.9 Å². The third-order valence-electron chi connectivity index (χ3n) is 2.73. The van der Waals surface area contributed by atoms with Crippen LogP contribution >= 0.6 is 11.3 Å². The topological polar surface area (TPSA) is 51.2 Å². The minimum atomic E-state index is -0.456. The number of thiazole rings is 1. The average Bonchev–Trinajstić information content (AvgIpc) is 2.87. The smallest absolute Gasteiger partial charge is 0.360 e. The van der Waals surface area contributed by atoms with Crippen LogP contribution in [0.5, 0.6) is 0 Å². The normalized spacial score (nSPS) is 11.9. The van der Waals surface area contributed by atoms with Gasteiger partial charge in [-0.3, -0.25) is 0 Å². The van der Waals surface area contributed by atoms with Gasteiger partial charge in [0.2, 0.25) is 0 Å². The molecule has 1 aromatic heterocycles. The summed E-state index contributed by atoms with van der Waals surface area (Å²) < 4.78 is 18.1. The van der Waals surface area contributed by atoms with Crippen LogP contribution in [0.3, 0.4) is 0 Å². The SMILES string of the molecule is CCOC(=O)c1ncsc1NC(C)c1cccc(F)c1. The molecular weight excluding hydrogens is 279 g/mol. The number of esters is 1. The molecule has 0 amide bonds. The number of rotatable bonds is 5. The second-order valence-electron chi connectivity index (χ2n) is 4.17. The molecule has 4 nitrogen and oxygen atoms in total. The standard InChI is InChI=1S/C14H15FN2O2S/c1-3-19-14(18)12-13(20-8-16-12)17-9(2)10-5-4-6-11(15)7-10/h4-9,17H,3H2,1-2H3. The van der Waals surface area contributed by atoms with Gasteiger partial charge in [-0.25, -0.2) is 14.2 Å². The van der Waals surface area contributed by atoms with Gasteiger partial charge in [-0.1, -0.05) is 12.1 Å². The zero-order valence-electron chi connectivity index (χ0n) is 11.2.